The first-order valence-electron chi connectivity index (χ1n) is 5.62. The molecular formula is C13H14ClNO. The highest BCUT2D eigenvalue weighted by molar-refractivity contribution is 6.30. The summed E-state index contributed by atoms with van der Waals surface area (Å²) in [5, 5.41) is 9.54. The van der Waals surface area contributed by atoms with Crippen molar-refractivity contribution in [2.24, 2.45) is 5.92 Å². The Bertz CT molecular complexity index is 405. The second kappa shape index (κ2) is 5.23. The van der Waals surface area contributed by atoms with Crippen LogP contribution in [0.2, 0.25) is 5.02 Å². The molecule has 16 heavy (non-hydrogen) atoms. The van der Waals surface area contributed by atoms with Gasteiger partial charge in [-0.1, -0.05) is 24.4 Å². The number of nitrogens with zero attached hydrogens (tertiary/aromatic N) is 1. The van der Waals surface area contributed by atoms with Gasteiger partial charge in [-0.3, -0.25) is 0 Å². The number of nitriles is 1. The third-order valence-electron chi connectivity index (χ3n) is 3.01. The third-order valence-corrected chi connectivity index (χ3v) is 3.25. The van der Waals surface area contributed by atoms with Crippen LogP contribution in [0.1, 0.15) is 31.2 Å². The van der Waals surface area contributed by atoms with Crippen molar-refractivity contribution in [1.29, 1.82) is 5.26 Å². The van der Waals surface area contributed by atoms with Gasteiger partial charge in [0.2, 0.25) is 0 Å². The van der Waals surface area contributed by atoms with E-state index in [0.29, 0.717) is 28.9 Å². The van der Waals surface area contributed by atoms with E-state index in [1.54, 1.807) is 18.2 Å². The number of hydrogen-bond acceptors (Lipinski definition) is 2. The zero-order chi connectivity index (χ0) is 11.4. The van der Waals surface area contributed by atoms with Crippen LogP contribution in [0.4, 0.5) is 0 Å². The molecule has 0 bridgehead atoms. The highest BCUT2D eigenvalue weighted by Crippen LogP contribution is 2.27. The molecule has 0 aliphatic heterocycles. The first-order chi connectivity index (χ1) is 7.79. The normalized spacial score (nSPS) is 16.0. The van der Waals surface area contributed by atoms with Crippen LogP contribution in [0.5, 0.6) is 5.75 Å². The Morgan fingerprint density at radius 1 is 1.38 bits per heavy atom. The number of halogens is 1. The Kier molecular flexibility index (Phi) is 3.69. The molecule has 1 aliphatic rings. The van der Waals surface area contributed by atoms with Gasteiger partial charge in [-0.15, -0.1) is 0 Å². The summed E-state index contributed by atoms with van der Waals surface area (Å²) < 4.78 is 5.69. The fraction of sp³-hybridized carbons (Fsp3) is 0.462. The molecule has 0 amide bonds. The molecule has 0 aromatic heterocycles. The zero-order valence-electron chi connectivity index (χ0n) is 9.08. The number of hydrogen-bond donors (Lipinski definition) is 0. The van der Waals surface area contributed by atoms with Gasteiger partial charge in [0, 0.05) is 11.1 Å². The van der Waals surface area contributed by atoms with Crippen molar-refractivity contribution in [3.05, 3.63) is 28.8 Å². The molecule has 3 heteroatoms. The zero-order valence-corrected chi connectivity index (χ0v) is 9.83. The molecule has 2 nitrogen and oxygen atoms in total. The van der Waals surface area contributed by atoms with E-state index in [4.69, 9.17) is 21.6 Å². The van der Waals surface area contributed by atoms with E-state index in [2.05, 4.69) is 6.07 Å². The van der Waals surface area contributed by atoms with Crippen LogP contribution in [0.3, 0.4) is 0 Å². The maximum Gasteiger partial charge on any atom is 0.138 e. The molecule has 0 heterocycles. The molecule has 1 aromatic carbocycles. The number of ether oxygens (including phenoxy) is 1. The average molecular weight is 236 g/mol. The predicted octanol–water partition coefficient (Wildman–Crippen LogP) is 3.78. The largest absolute Gasteiger partial charge is 0.492 e. The summed E-state index contributed by atoms with van der Waals surface area (Å²) in [5.74, 6) is 1.26. The molecule has 1 saturated carbocycles. The Balaban J connectivity index is 2.02. The molecular weight excluding hydrogens is 222 g/mol. The van der Waals surface area contributed by atoms with Crippen LogP contribution in [0.15, 0.2) is 18.2 Å². The molecule has 1 aliphatic carbocycles. The summed E-state index contributed by atoms with van der Waals surface area (Å²) in [4.78, 5) is 0. The average Bonchev–Trinajstić information content (AvgIpc) is 2.79. The SMILES string of the molecule is N#Cc1ccc(Cl)cc1OCC1CCCC1. The van der Waals surface area contributed by atoms with Crippen molar-refractivity contribution in [3.8, 4) is 11.8 Å². The first kappa shape index (κ1) is 11.3. The van der Waals surface area contributed by atoms with Crippen LogP contribution < -0.4 is 4.74 Å². The molecule has 1 fully saturated rings. The van der Waals surface area contributed by atoms with Crippen molar-refractivity contribution < 1.29 is 4.74 Å². The lowest BCUT2D eigenvalue weighted by molar-refractivity contribution is 0.251. The van der Waals surface area contributed by atoms with Crippen molar-refractivity contribution in [2.75, 3.05) is 6.61 Å². The van der Waals surface area contributed by atoms with Gasteiger partial charge in [0.1, 0.15) is 11.8 Å². The van der Waals surface area contributed by atoms with E-state index in [1.165, 1.54) is 25.7 Å². The summed E-state index contributed by atoms with van der Waals surface area (Å²) >= 11 is 5.88. The highest BCUT2D eigenvalue weighted by Gasteiger charge is 2.16. The summed E-state index contributed by atoms with van der Waals surface area (Å²) in [5.41, 5.74) is 0.558. The van der Waals surface area contributed by atoms with E-state index < -0.39 is 0 Å². The predicted molar refractivity (Wildman–Crippen MR) is 63.6 cm³/mol. The minimum Gasteiger partial charge on any atom is -0.492 e. The van der Waals surface area contributed by atoms with Crippen molar-refractivity contribution in [3.63, 3.8) is 0 Å². The van der Waals surface area contributed by atoms with E-state index in [9.17, 15) is 0 Å². The van der Waals surface area contributed by atoms with Gasteiger partial charge in [-0.05, 0) is 30.9 Å². The second-order valence-electron chi connectivity index (χ2n) is 4.21. The Hall–Kier alpha value is -1.20. The smallest absolute Gasteiger partial charge is 0.138 e. The van der Waals surface area contributed by atoms with Crippen LogP contribution in [-0.2, 0) is 0 Å². The number of benzene rings is 1. The maximum atomic E-state index is 8.93. The lowest BCUT2D eigenvalue weighted by Gasteiger charge is -2.12. The van der Waals surface area contributed by atoms with Crippen molar-refractivity contribution in [2.45, 2.75) is 25.7 Å². The fourth-order valence-electron chi connectivity index (χ4n) is 2.09. The molecule has 0 saturated heterocycles. The standard InChI is InChI=1S/C13H14ClNO/c14-12-6-5-11(8-15)13(7-12)16-9-10-3-1-2-4-10/h5-7,10H,1-4,9H2. The van der Waals surface area contributed by atoms with E-state index >= 15 is 0 Å². The molecule has 0 N–H and O–H groups in total. The van der Waals surface area contributed by atoms with Gasteiger partial charge in [-0.25, -0.2) is 0 Å². The summed E-state index contributed by atoms with van der Waals surface area (Å²) in [7, 11) is 0. The molecule has 1 aromatic rings. The fourth-order valence-corrected chi connectivity index (χ4v) is 2.25. The Morgan fingerprint density at radius 3 is 2.81 bits per heavy atom. The lowest BCUT2D eigenvalue weighted by Crippen LogP contribution is -2.08. The number of rotatable bonds is 3. The molecule has 0 spiro atoms. The quantitative estimate of drug-likeness (QED) is 0.799. The van der Waals surface area contributed by atoms with E-state index in [1.807, 2.05) is 0 Å². The third kappa shape index (κ3) is 2.68. The Labute approximate surface area is 101 Å². The maximum absolute atomic E-state index is 8.93. The minimum atomic E-state index is 0.558. The highest BCUT2D eigenvalue weighted by atomic mass is 35.5. The van der Waals surface area contributed by atoms with Gasteiger partial charge in [0.15, 0.2) is 0 Å². The van der Waals surface area contributed by atoms with Crippen molar-refractivity contribution >= 4 is 11.6 Å². The van der Waals surface area contributed by atoms with E-state index in [-0.39, 0.29) is 0 Å². The van der Waals surface area contributed by atoms with E-state index in [0.717, 1.165) is 0 Å². The van der Waals surface area contributed by atoms with Gasteiger partial charge >= 0.3 is 0 Å². The van der Waals surface area contributed by atoms with Gasteiger partial charge in [-0.2, -0.15) is 5.26 Å². The topological polar surface area (TPSA) is 33.0 Å². The summed E-state index contributed by atoms with van der Waals surface area (Å²) in [6.07, 6.45) is 5.08. The van der Waals surface area contributed by atoms with Crippen LogP contribution in [0, 0.1) is 17.2 Å². The first-order valence-corrected chi connectivity index (χ1v) is 6.00. The van der Waals surface area contributed by atoms with Crippen LogP contribution in [0.25, 0.3) is 0 Å². The summed E-state index contributed by atoms with van der Waals surface area (Å²) in [6.45, 7) is 0.703. The molecule has 0 radical (unpaired) electrons. The van der Waals surface area contributed by atoms with Gasteiger partial charge < -0.3 is 4.74 Å². The molecule has 0 unspecified atom stereocenters. The Morgan fingerprint density at radius 2 is 2.12 bits per heavy atom. The molecule has 0 atom stereocenters. The van der Waals surface area contributed by atoms with Crippen LogP contribution >= 0.6 is 11.6 Å². The molecule has 2 rings (SSSR count). The van der Waals surface area contributed by atoms with Crippen molar-refractivity contribution in [1.82, 2.24) is 0 Å². The minimum absolute atomic E-state index is 0.558. The summed E-state index contributed by atoms with van der Waals surface area (Å²) in [6, 6.07) is 7.24. The van der Waals surface area contributed by atoms with Gasteiger partial charge in [0.05, 0.1) is 12.2 Å². The molecule has 84 valence electrons. The lowest BCUT2D eigenvalue weighted by atomic mass is 10.1. The monoisotopic (exact) mass is 235 g/mol. The van der Waals surface area contributed by atoms with Crippen LogP contribution in [-0.4, -0.2) is 6.61 Å². The van der Waals surface area contributed by atoms with Gasteiger partial charge in [0.25, 0.3) is 0 Å². The second-order valence-corrected chi connectivity index (χ2v) is 4.65.